The normalized spacial score (nSPS) is 12.2. The first kappa shape index (κ1) is 40.6. The fourth-order valence-electron chi connectivity index (χ4n) is 5.71. The van der Waals surface area contributed by atoms with Gasteiger partial charge in [-0.3, -0.25) is 9.97 Å². The highest BCUT2D eigenvalue weighted by Gasteiger charge is 2.11. The van der Waals surface area contributed by atoms with Crippen LogP contribution in [-0.2, 0) is 13.1 Å². The van der Waals surface area contributed by atoms with E-state index in [2.05, 4.69) is 82.4 Å². The predicted octanol–water partition coefficient (Wildman–Crippen LogP) is 6.62. The number of aliphatic hydroxyl groups excluding tert-OH is 2. The lowest BCUT2D eigenvalue weighted by molar-refractivity contribution is 0.106. The van der Waals surface area contributed by atoms with E-state index in [-0.39, 0.29) is 13.2 Å². The van der Waals surface area contributed by atoms with E-state index in [1.165, 1.54) is 0 Å². The van der Waals surface area contributed by atoms with Gasteiger partial charge in [0.05, 0.1) is 11.0 Å². The summed E-state index contributed by atoms with van der Waals surface area (Å²) in [6.07, 6.45) is 9.28. The van der Waals surface area contributed by atoms with Crippen molar-refractivity contribution >= 4 is 54.2 Å². The summed E-state index contributed by atoms with van der Waals surface area (Å²) in [6.45, 7) is 2.64. The molecule has 296 valence electrons. The summed E-state index contributed by atoms with van der Waals surface area (Å²) in [5.74, 6) is 2.88. The van der Waals surface area contributed by atoms with Crippen LogP contribution in [0.15, 0.2) is 131 Å². The van der Waals surface area contributed by atoms with Gasteiger partial charge in [0.1, 0.15) is 48.6 Å². The number of rotatable bonds is 16. The number of aromatic amines is 2. The van der Waals surface area contributed by atoms with Crippen molar-refractivity contribution in [3.63, 3.8) is 0 Å². The number of H-pyrrole nitrogens is 2. The minimum absolute atomic E-state index is 0.210. The molecule has 2 unspecified atom stereocenters. The molecule has 6 heterocycles. The molecule has 0 fully saturated rings. The van der Waals surface area contributed by atoms with Crippen molar-refractivity contribution in [1.82, 2.24) is 50.5 Å². The first-order chi connectivity index (χ1) is 28.3. The molecule has 0 amide bonds. The number of imidazole rings is 2. The van der Waals surface area contributed by atoms with E-state index in [1.807, 2.05) is 84.9 Å². The number of hydrogen-bond donors (Lipinski definition) is 6. The Morgan fingerprint density at radius 3 is 1.57 bits per heavy atom. The Bertz CT molecular complexity index is 2310. The molecule has 0 radical (unpaired) electrons. The lowest BCUT2D eigenvalue weighted by atomic mass is 10.2. The van der Waals surface area contributed by atoms with Crippen LogP contribution >= 0.6 is 31.9 Å². The number of fused-ring (bicyclic) bond motifs is 2. The molecule has 8 aromatic rings. The highest BCUT2D eigenvalue weighted by atomic mass is 79.9. The number of benzene rings is 2. The Hall–Kier alpha value is -5.62. The van der Waals surface area contributed by atoms with E-state index in [0.717, 1.165) is 53.9 Å². The molecule has 0 aliphatic heterocycles. The van der Waals surface area contributed by atoms with Crippen molar-refractivity contribution in [3.8, 4) is 34.3 Å². The summed E-state index contributed by atoms with van der Waals surface area (Å²) < 4.78 is 13.2. The summed E-state index contributed by atoms with van der Waals surface area (Å²) in [6, 6.07) is 26.8. The van der Waals surface area contributed by atoms with Crippen LogP contribution < -0.4 is 20.1 Å². The van der Waals surface area contributed by atoms with Crippen LogP contribution in [0.5, 0.6) is 11.5 Å². The second-order valence-corrected chi connectivity index (χ2v) is 15.0. The number of halogens is 2. The minimum Gasteiger partial charge on any atom is -0.491 e. The molecule has 2 atom stereocenters. The summed E-state index contributed by atoms with van der Waals surface area (Å²) in [7, 11) is 0. The number of nitrogens with zero attached hydrogens (tertiary/aromatic N) is 6. The van der Waals surface area contributed by atoms with Crippen molar-refractivity contribution in [1.29, 1.82) is 0 Å². The van der Waals surface area contributed by atoms with Gasteiger partial charge in [0.2, 0.25) is 0 Å². The quantitative estimate of drug-likeness (QED) is 0.0608. The van der Waals surface area contributed by atoms with Crippen LogP contribution in [0.3, 0.4) is 0 Å². The first-order valence-electron chi connectivity index (χ1n) is 18.4. The van der Waals surface area contributed by atoms with Gasteiger partial charge >= 0.3 is 0 Å². The van der Waals surface area contributed by atoms with Crippen LogP contribution in [0.2, 0.25) is 0 Å². The highest BCUT2D eigenvalue weighted by Crippen LogP contribution is 2.25. The second kappa shape index (κ2) is 20.2. The fraction of sp³-hybridized carbons (Fsp3) is 0.190. The number of nitrogens with one attached hydrogen (secondary N) is 4. The van der Waals surface area contributed by atoms with Gasteiger partial charge in [-0.05, 0) is 122 Å². The predicted molar refractivity (Wildman–Crippen MR) is 229 cm³/mol. The number of hydrogen-bond acceptors (Lipinski definition) is 12. The summed E-state index contributed by atoms with van der Waals surface area (Å²) in [4.78, 5) is 32.2. The molecule has 0 bridgehead atoms. The Morgan fingerprint density at radius 2 is 1.09 bits per heavy atom. The molecular formula is C42H40Br2N10O4. The maximum absolute atomic E-state index is 10.1. The zero-order valence-corrected chi connectivity index (χ0v) is 34.3. The van der Waals surface area contributed by atoms with Crippen LogP contribution in [0.1, 0.15) is 11.1 Å². The largest absolute Gasteiger partial charge is 0.491 e. The Labute approximate surface area is 350 Å². The lowest BCUT2D eigenvalue weighted by Gasteiger charge is -2.13. The van der Waals surface area contributed by atoms with Gasteiger partial charge < -0.3 is 40.3 Å². The van der Waals surface area contributed by atoms with E-state index in [0.29, 0.717) is 49.0 Å². The molecule has 0 saturated carbocycles. The molecule has 0 aliphatic carbocycles. The zero-order chi connectivity index (χ0) is 40.1. The maximum atomic E-state index is 10.1. The van der Waals surface area contributed by atoms with Gasteiger partial charge in [-0.2, -0.15) is 0 Å². The molecular weight excluding hydrogens is 868 g/mol. The molecule has 8 rings (SSSR count). The minimum atomic E-state index is -0.605. The topological polar surface area (TPSA) is 192 Å². The molecule has 14 nitrogen and oxygen atoms in total. The van der Waals surface area contributed by atoms with Gasteiger partial charge in [0.25, 0.3) is 0 Å². The number of aromatic nitrogens is 8. The summed E-state index contributed by atoms with van der Waals surface area (Å²) in [5.41, 5.74) is 7.16. The van der Waals surface area contributed by atoms with Gasteiger partial charge in [-0.25, -0.2) is 19.9 Å². The third-order valence-electron chi connectivity index (χ3n) is 8.64. The Balaban J connectivity index is 0.000000177. The molecule has 6 N–H and O–H groups in total. The third kappa shape index (κ3) is 11.7. The molecule has 0 aliphatic rings. The summed E-state index contributed by atoms with van der Waals surface area (Å²) >= 11 is 6.82. The molecule has 58 heavy (non-hydrogen) atoms. The van der Waals surface area contributed by atoms with Crippen molar-refractivity contribution in [2.24, 2.45) is 0 Å². The van der Waals surface area contributed by atoms with Crippen LogP contribution in [0.4, 0.5) is 0 Å². The standard InChI is InChI=1S/2C21H20BrN5O2/c22-16-9-19-21(25-11-16)27-20(26-19)15-1-3-18(4-2-15)29-13-17(28)12-24-10-14-5-7-23-8-6-14;22-16-8-19-21(25-11-16)27-20(26-19)15-3-5-18(6-4-15)29-13-17(28)12-24-10-14-2-1-7-23-9-14/h2*1-9,11,17,24,28H,10,12-13H2,(H,25,26,27). The average Bonchev–Trinajstić information content (AvgIpc) is 3.88. The molecule has 16 heteroatoms. The van der Waals surface area contributed by atoms with E-state index in [1.54, 1.807) is 37.2 Å². The maximum Gasteiger partial charge on any atom is 0.178 e. The van der Waals surface area contributed by atoms with Crippen LogP contribution in [-0.4, -0.2) is 88.6 Å². The van der Waals surface area contributed by atoms with Crippen molar-refractivity contribution < 1.29 is 19.7 Å². The Kier molecular flexibility index (Phi) is 14.1. The first-order valence-corrected chi connectivity index (χ1v) is 20.0. The smallest absolute Gasteiger partial charge is 0.178 e. The number of ether oxygens (including phenoxy) is 2. The molecule has 2 aromatic carbocycles. The van der Waals surface area contributed by atoms with Crippen molar-refractivity contribution in [2.45, 2.75) is 25.3 Å². The summed E-state index contributed by atoms with van der Waals surface area (Å²) in [5, 5.41) is 26.6. The molecule has 0 spiro atoms. The lowest BCUT2D eigenvalue weighted by Crippen LogP contribution is -2.31. The van der Waals surface area contributed by atoms with E-state index >= 15 is 0 Å². The number of aliphatic hydroxyl groups is 2. The molecule has 0 saturated heterocycles. The van der Waals surface area contributed by atoms with Crippen molar-refractivity contribution in [2.75, 3.05) is 26.3 Å². The SMILES string of the molecule is OC(CNCc1cccnc1)COc1ccc(-c2nc3ncc(Br)cc3[nH]2)cc1.OC(CNCc1ccncc1)COc1ccc(-c2nc3ncc(Br)cc3[nH]2)cc1. The van der Waals surface area contributed by atoms with Gasteiger partial charge in [0.15, 0.2) is 11.3 Å². The molecule has 6 aromatic heterocycles. The highest BCUT2D eigenvalue weighted by molar-refractivity contribution is 9.10. The van der Waals surface area contributed by atoms with E-state index in [4.69, 9.17) is 9.47 Å². The van der Waals surface area contributed by atoms with Gasteiger partial charge in [-0.15, -0.1) is 0 Å². The van der Waals surface area contributed by atoms with Gasteiger partial charge in [0, 0.05) is 83.4 Å². The van der Waals surface area contributed by atoms with E-state index < -0.39 is 12.2 Å². The van der Waals surface area contributed by atoms with Gasteiger partial charge in [-0.1, -0.05) is 6.07 Å². The number of pyridine rings is 4. The van der Waals surface area contributed by atoms with E-state index in [9.17, 15) is 10.2 Å². The average molecular weight is 909 g/mol. The van der Waals surface area contributed by atoms with Crippen molar-refractivity contribution in [3.05, 3.63) is 142 Å². The second-order valence-electron chi connectivity index (χ2n) is 13.2. The zero-order valence-electron chi connectivity index (χ0n) is 31.1. The fourth-order valence-corrected chi connectivity index (χ4v) is 6.38. The third-order valence-corrected chi connectivity index (χ3v) is 9.51. The Morgan fingerprint density at radius 1 is 0.586 bits per heavy atom. The monoisotopic (exact) mass is 906 g/mol. The van der Waals surface area contributed by atoms with Crippen LogP contribution in [0.25, 0.3) is 45.1 Å². The van der Waals surface area contributed by atoms with Crippen LogP contribution in [0, 0.1) is 0 Å².